The average Bonchev–Trinajstić information content (AvgIpc) is 3.05. The van der Waals surface area contributed by atoms with E-state index in [9.17, 15) is 5.26 Å². The Labute approximate surface area is 105 Å². The van der Waals surface area contributed by atoms with E-state index in [2.05, 4.69) is 16.0 Å². The Bertz CT molecular complexity index is 647. The van der Waals surface area contributed by atoms with Gasteiger partial charge in [-0.2, -0.15) is 5.26 Å². The lowest BCUT2D eigenvalue weighted by atomic mass is 10.1. The number of rotatable bonds is 2. The van der Waals surface area contributed by atoms with Crippen LogP contribution in [0, 0.1) is 25.2 Å². The van der Waals surface area contributed by atoms with Crippen molar-refractivity contribution >= 4 is 0 Å². The third kappa shape index (κ3) is 1.68. The number of aryl methyl sites for hydroxylation is 2. The Morgan fingerprint density at radius 3 is 2.61 bits per heavy atom. The van der Waals surface area contributed by atoms with E-state index in [-0.39, 0.29) is 0 Å². The summed E-state index contributed by atoms with van der Waals surface area (Å²) in [7, 11) is 0. The zero-order valence-corrected chi connectivity index (χ0v) is 10.4. The molecule has 18 heavy (non-hydrogen) atoms. The summed E-state index contributed by atoms with van der Waals surface area (Å²) in [4.78, 5) is 8.89. The molecule has 0 saturated heterocycles. The van der Waals surface area contributed by atoms with E-state index in [1.807, 2.05) is 32.0 Å². The molecule has 4 heteroatoms. The molecule has 0 bridgehead atoms. The monoisotopic (exact) mass is 239 g/mol. The summed E-state index contributed by atoms with van der Waals surface area (Å²) >= 11 is 0. The van der Waals surface area contributed by atoms with E-state index in [1.54, 1.807) is 0 Å². The second kappa shape index (κ2) is 3.67. The Morgan fingerprint density at radius 2 is 2.06 bits per heavy atom. The molecule has 90 valence electrons. The molecule has 0 aromatic carbocycles. The van der Waals surface area contributed by atoms with Crippen LogP contribution in [-0.2, 0) is 5.41 Å². The lowest BCUT2D eigenvalue weighted by Gasteiger charge is -2.07. The highest BCUT2D eigenvalue weighted by molar-refractivity contribution is 5.53. The molecule has 0 spiro atoms. The number of nitriles is 1. The van der Waals surface area contributed by atoms with Crippen molar-refractivity contribution in [1.29, 1.82) is 5.26 Å². The van der Waals surface area contributed by atoms with Crippen LogP contribution in [0.2, 0.25) is 0 Å². The summed E-state index contributed by atoms with van der Waals surface area (Å²) in [6.07, 6.45) is 1.70. The fraction of sp³-hybridized carbons (Fsp3) is 0.357. The van der Waals surface area contributed by atoms with Crippen LogP contribution in [0.3, 0.4) is 0 Å². The molecular formula is C14H13N3O. The molecule has 0 unspecified atom stereocenters. The van der Waals surface area contributed by atoms with Gasteiger partial charge in [0.1, 0.15) is 22.7 Å². The molecule has 0 N–H and O–H groups in total. The fourth-order valence-corrected chi connectivity index (χ4v) is 1.99. The summed E-state index contributed by atoms with van der Waals surface area (Å²) < 4.78 is 5.57. The quantitative estimate of drug-likeness (QED) is 0.808. The van der Waals surface area contributed by atoms with Gasteiger partial charge in [-0.15, -0.1) is 0 Å². The highest BCUT2D eigenvalue weighted by atomic mass is 16.3. The fourth-order valence-electron chi connectivity index (χ4n) is 1.99. The summed E-state index contributed by atoms with van der Waals surface area (Å²) in [5, 5.41) is 9.21. The molecule has 2 heterocycles. The van der Waals surface area contributed by atoms with E-state index in [4.69, 9.17) is 4.42 Å². The first-order valence-corrected chi connectivity index (χ1v) is 5.97. The molecule has 2 aromatic rings. The van der Waals surface area contributed by atoms with Crippen LogP contribution in [0.5, 0.6) is 0 Å². The largest absolute Gasteiger partial charge is 0.460 e. The van der Waals surface area contributed by atoms with Gasteiger partial charge in [-0.3, -0.25) is 0 Å². The van der Waals surface area contributed by atoms with Crippen molar-refractivity contribution in [2.45, 2.75) is 32.1 Å². The molecule has 1 aliphatic carbocycles. The van der Waals surface area contributed by atoms with E-state index >= 15 is 0 Å². The normalized spacial score (nSPS) is 16.3. The minimum atomic E-state index is -0.456. The molecule has 0 aliphatic heterocycles. The average molecular weight is 239 g/mol. The van der Waals surface area contributed by atoms with Crippen LogP contribution in [0.25, 0.3) is 11.5 Å². The summed E-state index contributed by atoms with van der Waals surface area (Å²) in [6.45, 7) is 3.81. The van der Waals surface area contributed by atoms with Gasteiger partial charge < -0.3 is 4.42 Å². The maximum absolute atomic E-state index is 9.21. The second-order valence-electron chi connectivity index (χ2n) is 4.82. The molecule has 3 rings (SSSR count). The van der Waals surface area contributed by atoms with E-state index in [0.29, 0.717) is 5.82 Å². The maximum atomic E-state index is 9.21. The van der Waals surface area contributed by atoms with Gasteiger partial charge in [0.05, 0.1) is 6.07 Å². The number of furan rings is 1. The molecule has 0 radical (unpaired) electrons. The highest BCUT2D eigenvalue weighted by Crippen LogP contribution is 2.46. The Balaban J connectivity index is 2.10. The van der Waals surface area contributed by atoms with Gasteiger partial charge in [0, 0.05) is 5.69 Å². The number of nitrogens with zero attached hydrogens (tertiary/aromatic N) is 3. The van der Waals surface area contributed by atoms with Gasteiger partial charge in [-0.05, 0) is 44.9 Å². The zero-order chi connectivity index (χ0) is 12.8. The van der Waals surface area contributed by atoms with E-state index in [1.165, 1.54) is 0 Å². The van der Waals surface area contributed by atoms with E-state index in [0.717, 1.165) is 35.7 Å². The maximum Gasteiger partial charge on any atom is 0.152 e. The first-order valence-electron chi connectivity index (χ1n) is 5.97. The molecule has 4 nitrogen and oxygen atoms in total. The van der Waals surface area contributed by atoms with Gasteiger partial charge in [0.25, 0.3) is 0 Å². The minimum Gasteiger partial charge on any atom is -0.460 e. The molecule has 1 fully saturated rings. The molecule has 0 amide bonds. The lowest BCUT2D eigenvalue weighted by molar-refractivity contribution is 0.545. The van der Waals surface area contributed by atoms with Gasteiger partial charge in [-0.25, -0.2) is 9.97 Å². The standard InChI is InChI=1S/C14H13N3O/c1-9-7-11(12-4-3-10(2)18-12)17-13(16-9)14(8-15)5-6-14/h3-4,7H,5-6H2,1-2H3. The topological polar surface area (TPSA) is 62.7 Å². The Hall–Kier alpha value is -2.15. The zero-order valence-electron chi connectivity index (χ0n) is 10.4. The van der Waals surface area contributed by atoms with Crippen molar-refractivity contribution < 1.29 is 4.42 Å². The number of hydrogen-bond donors (Lipinski definition) is 0. The van der Waals surface area contributed by atoms with Crippen LogP contribution >= 0.6 is 0 Å². The summed E-state index contributed by atoms with van der Waals surface area (Å²) in [5.74, 6) is 2.21. The first kappa shape index (κ1) is 11.0. The smallest absolute Gasteiger partial charge is 0.152 e. The molecule has 1 aliphatic rings. The van der Waals surface area contributed by atoms with Crippen LogP contribution in [-0.4, -0.2) is 9.97 Å². The third-order valence-electron chi connectivity index (χ3n) is 3.24. The van der Waals surface area contributed by atoms with Crippen molar-refractivity contribution in [3.05, 3.63) is 35.5 Å². The SMILES string of the molecule is Cc1cc(-c2ccc(C)o2)nc(C2(C#N)CC2)n1. The van der Waals surface area contributed by atoms with Gasteiger partial charge in [0.2, 0.25) is 0 Å². The predicted octanol–water partition coefficient (Wildman–Crippen LogP) is 2.91. The molecule has 2 aromatic heterocycles. The van der Waals surface area contributed by atoms with Gasteiger partial charge >= 0.3 is 0 Å². The molecule has 0 atom stereocenters. The lowest BCUT2D eigenvalue weighted by Crippen LogP contribution is -2.10. The van der Waals surface area contributed by atoms with Crippen molar-refractivity contribution in [2.24, 2.45) is 0 Å². The second-order valence-corrected chi connectivity index (χ2v) is 4.82. The Kier molecular flexibility index (Phi) is 2.24. The van der Waals surface area contributed by atoms with Crippen molar-refractivity contribution in [3.63, 3.8) is 0 Å². The summed E-state index contributed by atoms with van der Waals surface area (Å²) in [5.41, 5.74) is 1.17. The molecular weight excluding hydrogens is 226 g/mol. The number of hydrogen-bond acceptors (Lipinski definition) is 4. The van der Waals surface area contributed by atoms with Gasteiger partial charge in [-0.1, -0.05) is 0 Å². The Morgan fingerprint density at radius 1 is 1.28 bits per heavy atom. The summed E-state index contributed by atoms with van der Waals surface area (Å²) in [6, 6.07) is 8.01. The van der Waals surface area contributed by atoms with Gasteiger partial charge in [0.15, 0.2) is 5.76 Å². The molecule has 1 saturated carbocycles. The van der Waals surface area contributed by atoms with Crippen molar-refractivity contribution in [1.82, 2.24) is 9.97 Å². The van der Waals surface area contributed by atoms with Crippen LogP contribution in [0.15, 0.2) is 22.6 Å². The van der Waals surface area contributed by atoms with Crippen LogP contribution in [0.1, 0.15) is 30.1 Å². The number of aromatic nitrogens is 2. The van der Waals surface area contributed by atoms with Crippen LogP contribution in [0.4, 0.5) is 0 Å². The first-order chi connectivity index (χ1) is 8.63. The van der Waals surface area contributed by atoms with Crippen LogP contribution < -0.4 is 0 Å². The van der Waals surface area contributed by atoms with E-state index < -0.39 is 5.41 Å². The highest BCUT2D eigenvalue weighted by Gasteiger charge is 2.48. The van der Waals surface area contributed by atoms with Crippen molar-refractivity contribution in [2.75, 3.05) is 0 Å². The third-order valence-corrected chi connectivity index (χ3v) is 3.24. The minimum absolute atomic E-state index is 0.456. The predicted molar refractivity (Wildman–Crippen MR) is 65.7 cm³/mol. The van der Waals surface area contributed by atoms with Crippen molar-refractivity contribution in [3.8, 4) is 17.5 Å².